The molecule has 2 heterocycles. The number of carbonyl (C=O) groups excluding carboxylic acids is 1. The Bertz CT molecular complexity index is 1660. The number of aromatic amines is 1. The lowest BCUT2D eigenvalue weighted by Gasteiger charge is -2.36. The lowest BCUT2D eigenvalue weighted by Crippen LogP contribution is -2.50. The highest BCUT2D eigenvalue weighted by molar-refractivity contribution is 5.76. The maximum absolute atomic E-state index is 14.8. The molecule has 5 aromatic rings. The second-order valence-corrected chi connectivity index (χ2v) is 11.4. The number of anilines is 1. The first-order chi connectivity index (χ1) is 21.5. The van der Waals surface area contributed by atoms with Gasteiger partial charge in [0.25, 0.3) is 0 Å². The summed E-state index contributed by atoms with van der Waals surface area (Å²) in [5.74, 6) is 0. The Balaban J connectivity index is 1.43. The summed E-state index contributed by atoms with van der Waals surface area (Å²) in [4.78, 5) is 18.3. The van der Waals surface area contributed by atoms with Gasteiger partial charge in [-0.05, 0) is 64.9 Å². The summed E-state index contributed by atoms with van der Waals surface area (Å²) in [6.45, 7) is 0.474. The topological polar surface area (TPSA) is 119 Å². The SMILES string of the molecule is Nc1cccc(CN2C(=O)N(Cc3cccc(-c4ccn[nH]4)c3)[C@H](Cc3ccccc3)[C@H](O)[C@@H](O)[C@H]2Cc2ccccc2)c1. The Morgan fingerprint density at radius 3 is 1.70 bits per heavy atom. The molecule has 1 aliphatic rings. The quantitative estimate of drug-likeness (QED) is 0.180. The molecule has 0 bridgehead atoms. The summed E-state index contributed by atoms with van der Waals surface area (Å²) in [7, 11) is 0. The van der Waals surface area contributed by atoms with Crippen molar-refractivity contribution in [3.8, 4) is 11.3 Å². The highest BCUT2D eigenvalue weighted by Gasteiger charge is 2.46. The van der Waals surface area contributed by atoms with E-state index in [-0.39, 0.29) is 19.1 Å². The molecule has 5 N–H and O–H groups in total. The van der Waals surface area contributed by atoms with Gasteiger partial charge in [0.1, 0.15) is 12.2 Å². The van der Waals surface area contributed by atoms with Gasteiger partial charge in [-0.3, -0.25) is 5.10 Å². The molecule has 44 heavy (non-hydrogen) atoms. The van der Waals surface area contributed by atoms with Gasteiger partial charge in [-0.15, -0.1) is 0 Å². The van der Waals surface area contributed by atoms with Crippen molar-refractivity contribution in [3.05, 3.63) is 144 Å². The van der Waals surface area contributed by atoms with Crippen molar-refractivity contribution < 1.29 is 15.0 Å². The lowest BCUT2D eigenvalue weighted by molar-refractivity contribution is -0.0408. The number of nitrogens with zero attached hydrogens (tertiary/aromatic N) is 3. The molecule has 1 saturated heterocycles. The monoisotopic (exact) mass is 587 g/mol. The summed E-state index contributed by atoms with van der Waals surface area (Å²) in [6.07, 6.45) is 0.0725. The Hall–Kier alpha value is -4.92. The normalized spacial score (nSPS) is 20.5. The average Bonchev–Trinajstić information content (AvgIpc) is 3.58. The molecule has 8 heteroatoms. The minimum absolute atomic E-state index is 0.230. The number of aliphatic hydroxyl groups is 2. The minimum Gasteiger partial charge on any atom is -0.399 e. The average molecular weight is 588 g/mol. The molecule has 2 amide bonds. The van der Waals surface area contributed by atoms with E-state index in [2.05, 4.69) is 10.2 Å². The molecule has 0 radical (unpaired) electrons. The first-order valence-electron chi connectivity index (χ1n) is 14.9. The van der Waals surface area contributed by atoms with E-state index in [4.69, 9.17) is 5.73 Å². The largest absolute Gasteiger partial charge is 0.399 e. The lowest BCUT2D eigenvalue weighted by atomic mass is 9.91. The maximum atomic E-state index is 14.8. The number of H-pyrrole nitrogens is 1. The smallest absolute Gasteiger partial charge is 0.321 e. The molecule has 1 fully saturated rings. The van der Waals surface area contributed by atoms with Crippen molar-refractivity contribution in [1.82, 2.24) is 20.0 Å². The van der Waals surface area contributed by atoms with Crippen molar-refractivity contribution >= 4 is 11.7 Å². The molecule has 0 unspecified atom stereocenters. The molecule has 1 aromatic heterocycles. The van der Waals surface area contributed by atoms with Gasteiger partial charge in [-0.25, -0.2) is 4.79 Å². The molecule has 8 nitrogen and oxygen atoms in total. The van der Waals surface area contributed by atoms with Crippen molar-refractivity contribution in [2.45, 2.75) is 50.2 Å². The van der Waals surface area contributed by atoms with Crippen molar-refractivity contribution in [2.24, 2.45) is 0 Å². The van der Waals surface area contributed by atoms with Gasteiger partial charge in [0.05, 0.1) is 17.8 Å². The standard InChI is InChI=1S/C36H37N5O3/c37-30-16-8-14-28(20-30)24-41-33(22-26-11-5-2-6-12-26)35(43)34(42)32(21-25-9-3-1-4-10-25)40(36(41)44)23-27-13-7-15-29(19-27)31-17-18-38-39-31/h1-20,32-35,42-43H,21-24,37H2,(H,38,39)/t32-,33-,34+,35+/m1/s1. The van der Waals surface area contributed by atoms with Crippen LogP contribution in [0.25, 0.3) is 11.3 Å². The van der Waals surface area contributed by atoms with E-state index >= 15 is 0 Å². The van der Waals surface area contributed by atoms with Crippen LogP contribution < -0.4 is 5.73 Å². The highest BCUT2D eigenvalue weighted by atomic mass is 16.3. The molecule has 224 valence electrons. The van der Waals surface area contributed by atoms with Crippen LogP contribution in [0.5, 0.6) is 0 Å². The number of carbonyl (C=O) groups is 1. The zero-order valence-corrected chi connectivity index (χ0v) is 24.4. The molecule has 4 aromatic carbocycles. The Labute approximate surface area is 257 Å². The van der Waals surface area contributed by atoms with Gasteiger partial charge in [0.15, 0.2) is 0 Å². The van der Waals surface area contributed by atoms with E-state index in [1.807, 2.05) is 115 Å². The van der Waals surface area contributed by atoms with Gasteiger partial charge in [-0.2, -0.15) is 5.10 Å². The van der Waals surface area contributed by atoms with E-state index in [0.717, 1.165) is 33.5 Å². The van der Waals surface area contributed by atoms with Crippen LogP contribution in [0, 0.1) is 0 Å². The number of urea groups is 1. The fourth-order valence-electron chi connectivity index (χ4n) is 6.15. The number of rotatable bonds is 9. The third-order valence-corrected chi connectivity index (χ3v) is 8.40. The maximum Gasteiger partial charge on any atom is 0.321 e. The Morgan fingerprint density at radius 2 is 1.18 bits per heavy atom. The van der Waals surface area contributed by atoms with Gasteiger partial charge < -0.3 is 25.7 Å². The number of benzene rings is 4. The van der Waals surface area contributed by atoms with Crippen LogP contribution in [0.1, 0.15) is 22.3 Å². The molecule has 4 atom stereocenters. The number of amides is 2. The zero-order chi connectivity index (χ0) is 30.5. The van der Waals surface area contributed by atoms with E-state index in [0.29, 0.717) is 18.5 Å². The predicted molar refractivity (Wildman–Crippen MR) is 171 cm³/mol. The van der Waals surface area contributed by atoms with E-state index in [9.17, 15) is 15.0 Å². The van der Waals surface area contributed by atoms with Crippen LogP contribution in [-0.2, 0) is 25.9 Å². The second kappa shape index (κ2) is 13.2. The van der Waals surface area contributed by atoms with Gasteiger partial charge in [0.2, 0.25) is 0 Å². The van der Waals surface area contributed by atoms with E-state index < -0.39 is 24.3 Å². The third kappa shape index (κ3) is 6.51. The minimum atomic E-state index is -1.20. The molecule has 1 aliphatic heterocycles. The fraction of sp³-hybridized carbons (Fsp3) is 0.222. The molecular weight excluding hydrogens is 550 g/mol. The summed E-state index contributed by atoms with van der Waals surface area (Å²) in [5, 5.41) is 30.9. The number of nitrogen functional groups attached to an aromatic ring is 1. The van der Waals surface area contributed by atoms with Crippen molar-refractivity contribution in [3.63, 3.8) is 0 Å². The molecule has 0 saturated carbocycles. The van der Waals surface area contributed by atoms with Crippen molar-refractivity contribution in [2.75, 3.05) is 5.73 Å². The summed E-state index contributed by atoms with van der Waals surface area (Å²) in [6, 6.07) is 35.2. The number of aliphatic hydroxyl groups excluding tert-OH is 2. The number of hydrogen-bond acceptors (Lipinski definition) is 5. The van der Waals surface area contributed by atoms with Crippen molar-refractivity contribution in [1.29, 1.82) is 0 Å². The van der Waals surface area contributed by atoms with Crippen LogP contribution >= 0.6 is 0 Å². The number of aromatic nitrogens is 2. The highest BCUT2D eigenvalue weighted by Crippen LogP contribution is 2.31. The Morgan fingerprint density at radius 1 is 0.659 bits per heavy atom. The van der Waals surface area contributed by atoms with Crippen LogP contribution in [0.4, 0.5) is 10.5 Å². The predicted octanol–water partition coefficient (Wildman–Crippen LogP) is 5.04. The van der Waals surface area contributed by atoms with Crippen LogP contribution in [0.3, 0.4) is 0 Å². The molecule has 0 aliphatic carbocycles. The molecule has 6 rings (SSSR count). The van der Waals surface area contributed by atoms with Gasteiger partial charge >= 0.3 is 6.03 Å². The second-order valence-electron chi connectivity index (χ2n) is 11.4. The van der Waals surface area contributed by atoms with E-state index in [1.54, 1.807) is 16.0 Å². The number of nitrogens with one attached hydrogen (secondary N) is 1. The van der Waals surface area contributed by atoms with E-state index in [1.165, 1.54) is 0 Å². The number of hydrogen-bond donors (Lipinski definition) is 4. The molecular formula is C36H37N5O3. The van der Waals surface area contributed by atoms with Gasteiger partial charge in [0, 0.05) is 25.0 Å². The first-order valence-corrected chi connectivity index (χ1v) is 14.9. The Kier molecular flexibility index (Phi) is 8.72. The van der Waals surface area contributed by atoms with Crippen LogP contribution in [0.2, 0.25) is 0 Å². The number of nitrogens with two attached hydrogens (primary N) is 1. The zero-order valence-electron chi connectivity index (χ0n) is 24.4. The summed E-state index contributed by atoms with van der Waals surface area (Å²) < 4.78 is 0. The first kappa shape index (κ1) is 29.2. The summed E-state index contributed by atoms with van der Waals surface area (Å²) in [5.41, 5.74) is 12.2. The molecule has 0 spiro atoms. The van der Waals surface area contributed by atoms with Crippen LogP contribution in [0.15, 0.2) is 121 Å². The van der Waals surface area contributed by atoms with Gasteiger partial charge in [-0.1, -0.05) is 91.0 Å². The summed E-state index contributed by atoms with van der Waals surface area (Å²) >= 11 is 0. The van der Waals surface area contributed by atoms with Crippen LogP contribution in [-0.4, -0.2) is 60.5 Å². The fourth-order valence-corrected chi connectivity index (χ4v) is 6.15. The third-order valence-electron chi connectivity index (χ3n) is 8.40.